The molecular formula is C24H32N4O3S. The van der Waals surface area contributed by atoms with Crippen molar-refractivity contribution < 1.29 is 13.2 Å². The molecule has 0 radical (unpaired) electrons. The molecule has 0 N–H and O–H groups in total. The van der Waals surface area contributed by atoms with Crippen LogP contribution in [0.15, 0.2) is 47.6 Å². The maximum absolute atomic E-state index is 13.7. The highest BCUT2D eigenvalue weighted by Crippen LogP contribution is 2.32. The van der Waals surface area contributed by atoms with Crippen molar-refractivity contribution in [1.82, 2.24) is 14.2 Å². The van der Waals surface area contributed by atoms with Crippen molar-refractivity contribution in [3.05, 3.63) is 53.9 Å². The van der Waals surface area contributed by atoms with Crippen molar-refractivity contribution in [2.75, 3.05) is 38.1 Å². The molecule has 7 nitrogen and oxygen atoms in total. The van der Waals surface area contributed by atoms with E-state index in [-0.39, 0.29) is 10.8 Å². The maximum atomic E-state index is 13.7. The lowest BCUT2D eigenvalue weighted by molar-refractivity contribution is 0.0785. The van der Waals surface area contributed by atoms with Gasteiger partial charge in [0.2, 0.25) is 10.0 Å². The number of pyridine rings is 1. The molecule has 1 aromatic carbocycles. The van der Waals surface area contributed by atoms with Crippen LogP contribution in [-0.2, 0) is 16.6 Å². The van der Waals surface area contributed by atoms with Gasteiger partial charge in [-0.25, -0.2) is 8.42 Å². The number of benzene rings is 1. The number of anilines is 1. The topological polar surface area (TPSA) is 73.8 Å². The summed E-state index contributed by atoms with van der Waals surface area (Å²) in [5.41, 5.74) is 2.10. The maximum Gasteiger partial charge on any atom is 0.253 e. The summed E-state index contributed by atoms with van der Waals surface area (Å²) in [6, 6.07) is 8.93. The van der Waals surface area contributed by atoms with Crippen LogP contribution in [0.2, 0.25) is 0 Å². The summed E-state index contributed by atoms with van der Waals surface area (Å²) >= 11 is 0. The molecule has 2 aromatic rings. The SMILES string of the molecule is CN(Cc1ccncc1)C(=O)c1ccc(N2CCCCC2)c(S(=O)(=O)N2CCCCC2)c1. The molecule has 0 bridgehead atoms. The largest absolute Gasteiger partial charge is 0.370 e. The van der Waals surface area contributed by atoms with Crippen LogP contribution in [0.4, 0.5) is 5.69 Å². The molecule has 2 saturated heterocycles. The van der Waals surface area contributed by atoms with Gasteiger partial charge in [0.1, 0.15) is 4.90 Å². The zero-order valence-electron chi connectivity index (χ0n) is 18.7. The molecule has 1 amide bonds. The Hall–Kier alpha value is -2.45. The second kappa shape index (κ2) is 10.0. The normalized spacial score (nSPS) is 17.8. The molecule has 0 saturated carbocycles. The van der Waals surface area contributed by atoms with Gasteiger partial charge in [0.15, 0.2) is 0 Å². The fraction of sp³-hybridized carbons (Fsp3) is 0.500. The fourth-order valence-corrected chi connectivity index (χ4v) is 6.30. The molecule has 4 rings (SSSR count). The molecule has 32 heavy (non-hydrogen) atoms. The molecule has 8 heteroatoms. The first kappa shape index (κ1) is 22.7. The Bertz CT molecular complexity index is 1030. The number of carbonyl (C=O) groups is 1. The Labute approximate surface area is 191 Å². The first-order valence-corrected chi connectivity index (χ1v) is 12.9. The molecular weight excluding hydrogens is 424 g/mol. The van der Waals surface area contributed by atoms with Crippen LogP contribution in [0.1, 0.15) is 54.4 Å². The lowest BCUT2D eigenvalue weighted by atomic mass is 10.1. The summed E-state index contributed by atoms with van der Waals surface area (Å²) in [7, 11) is -1.93. The van der Waals surface area contributed by atoms with E-state index in [2.05, 4.69) is 9.88 Å². The van der Waals surface area contributed by atoms with Gasteiger partial charge in [-0.05, 0) is 68.0 Å². The van der Waals surface area contributed by atoms with Gasteiger partial charge in [-0.15, -0.1) is 0 Å². The Kier molecular flexibility index (Phi) is 7.10. The zero-order valence-corrected chi connectivity index (χ0v) is 19.6. The van der Waals surface area contributed by atoms with Gasteiger partial charge < -0.3 is 9.80 Å². The Morgan fingerprint density at radius 1 is 0.938 bits per heavy atom. The third kappa shape index (κ3) is 4.96. The molecule has 1 aromatic heterocycles. The first-order chi connectivity index (χ1) is 15.5. The smallest absolute Gasteiger partial charge is 0.253 e. The van der Waals surface area contributed by atoms with Crippen LogP contribution >= 0.6 is 0 Å². The predicted octanol–water partition coefficient (Wildman–Crippen LogP) is 3.52. The van der Waals surface area contributed by atoms with Crippen molar-refractivity contribution in [2.24, 2.45) is 0 Å². The van der Waals surface area contributed by atoms with Gasteiger partial charge in [-0.3, -0.25) is 9.78 Å². The van der Waals surface area contributed by atoms with Crippen LogP contribution in [-0.4, -0.2) is 61.7 Å². The minimum absolute atomic E-state index is 0.192. The number of rotatable bonds is 6. The van der Waals surface area contributed by atoms with E-state index in [9.17, 15) is 13.2 Å². The van der Waals surface area contributed by atoms with Crippen LogP contribution in [0.5, 0.6) is 0 Å². The van der Waals surface area contributed by atoms with Gasteiger partial charge in [0.05, 0.1) is 5.69 Å². The third-order valence-corrected chi connectivity index (χ3v) is 8.28. The number of piperidine rings is 2. The fourth-order valence-electron chi connectivity index (χ4n) is 4.55. The number of amides is 1. The molecule has 0 spiro atoms. The van der Waals surface area contributed by atoms with E-state index in [1.165, 1.54) is 6.42 Å². The van der Waals surface area contributed by atoms with Crippen molar-refractivity contribution >= 4 is 21.6 Å². The highest BCUT2D eigenvalue weighted by Gasteiger charge is 2.31. The zero-order chi connectivity index (χ0) is 22.6. The van der Waals surface area contributed by atoms with E-state index in [0.29, 0.717) is 25.2 Å². The summed E-state index contributed by atoms with van der Waals surface area (Å²) in [5.74, 6) is -0.192. The number of hydrogen-bond donors (Lipinski definition) is 0. The molecule has 3 heterocycles. The number of carbonyl (C=O) groups excluding carboxylic acids is 1. The lowest BCUT2D eigenvalue weighted by Crippen LogP contribution is -2.38. The van der Waals surface area contributed by atoms with E-state index in [4.69, 9.17) is 0 Å². The van der Waals surface area contributed by atoms with E-state index in [1.807, 2.05) is 18.2 Å². The van der Waals surface area contributed by atoms with E-state index in [1.54, 1.807) is 40.8 Å². The lowest BCUT2D eigenvalue weighted by Gasteiger charge is -2.33. The van der Waals surface area contributed by atoms with Crippen molar-refractivity contribution in [3.8, 4) is 0 Å². The molecule has 2 fully saturated rings. The third-order valence-electron chi connectivity index (χ3n) is 6.35. The second-order valence-electron chi connectivity index (χ2n) is 8.71. The van der Waals surface area contributed by atoms with E-state index in [0.717, 1.165) is 56.4 Å². The van der Waals surface area contributed by atoms with E-state index >= 15 is 0 Å². The highest BCUT2D eigenvalue weighted by molar-refractivity contribution is 7.89. The van der Waals surface area contributed by atoms with Gasteiger partial charge >= 0.3 is 0 Å². The average Bonchev–Trinajstić information content (AvgIpc) is 2.85. The minimum atomic E-state index is -3.67. The number of aromatic nitrogens is 1. The molecule has 2 aliphatic heterocycles. The number of nitrogens with zero attached hydrogens (tertiary/aromatic N) is 4. The van der Waals surface area contributed by atoms with Crippen LogP contribution in [0.3, 0.4) is 0 Å². The molecule has 2 aliphatic rings. The van der Waals surface area contributed by atoms with Crippen LogP contribution < -0.4 is 4.90 Å². The highest BCUT2D eigenvalue weighted by atomic mass is 32.2. The molecule has 172 valence electrons. The summed E-state index contributed by atoms with van der Waals surface area (Å²) < 4.78 is 28.9. The van der Waals surface area contributed by atoms with Crippen molar-refractivity contribution in [3.63, 3.8) is 0 Å². The quantitative estimate of drug-likeness (QED) is 0.665. The monoisotopic (exact) mass is 456 g/mol. The Morgan fingerprint density at radius 3 is 2.22 bits per heavy atom. The molecule has 0 atom stereocenters. The summed E-state index contributed by atoms with van der Waals surface area (Å²) in [6.45, 7) is 3.21. The average molecular weight is 457 g/mol. The van der Waals surface area contributed by atoms with Crippen molar-refractivity contribution in [1.29, 1.82) is 0 Å². The van der Waals surface area contributed by atoms with E-state index < -0.39 is 10.0 Å². The van der Waals surface area contributed by atoms with Gasteiger partial charge in [0, 0.05) is 57.7 Å². The van der Waals surface area contributed by atoms with Gasteiger partial charge in [0.25, 0.3) is 5.91 Å². The summed E-state index contributed by atoms with van der Waals surface area (Å²) in [6.07, 6.45) is 9.49. The standard InChI is InChI=1S/C24H32N4O3S/c1-26(19-20-10-12-25-13-11-20)24(29)21-8-9-22(27-14-4-2-5-15-27)23(18-21)32(30,31)28-16-6-3-7-17-28/h8-13,18H,2-7,14-17,19H2,1H3. The van der Waals surface area contributed by atoms with Gasteiger partial charge in [-0.2, -0.15) is 4.31 Å². The Balaban J connectivity index is 1.67. The van der Waals surface area contributed by atoms with Crippen LogP contribution in [0, 0.1) is 0 Å². The van der Waals surface area contributed by atoms with Crippen molar-refractivity contribution in [2.45, 2.75) is 50.0 Å². The van der Waals surface area contributed by atoms with Crippen LogP contribution in [0.25, 0.3) is 0 Å². The molecule has 0 aliphatic carbocycles. The first-order valence-electron chi connectivity index (χ1n) is 11.5. The molecule has 0 unspecified atom stereocenters. The predicted molar refractivity (Wildman–Crippen MR) is 125 cm³/mol. The number of sulfonamides is 1. The summed E-state index contributed by atoms with van der Waals surface area (Å²) in [5, 5.41) is 0. The minimum Gasteiger partial charge on any atom is -0.370 e. The number of hydrogen-bond acceptors (Lipinski definition) is 5. The van der Waals surface area contributed by atoms with Gasteiger partial charge in [-0.1, -0.05) is 6.42 Å². The Morgan fingerprint density at radius 2 is 1.56 bits per heavy atom. The summed E-state index contributed by atoms with van der Waals surface area (Å²) in [4.78, 5) is 21.2. The second-order valence-corrected chi connectivity index (χ2v) is 10.6.